The van der Waals surface area contributed by atoms with Crippen LogP contribution in [0, 0.1) is 0 Å². The van der Waals surface area contributed by atoms with Gasteiger partial charge in [-0.15, -0.1) is 0 Å². The van der Waals surface area contributed by atoms with Gasteiger partial charge in [0.15, 0.2) is 0 Å². The van der Waals surface area contributed by atoms with Crippen LogP contribution in [0.1, 0.15) is 88.3 Å². The van der Waals surface area contributed by atoms with Crippen molar-refractivity contribution in [2.75, 3.05) is 13.7 Å². The van der Waals surface area contributed by atoms with Crippen molar-refractivity contribution in [1.82, 2.24) is 4.90 Å². The lowest BCUT2D eigenvalue weighted by Crippen LogP contribution is -2.30. The number of Topliss-reactive ketones (excluding diaryl/α,β-unsaturated/α-hetero) is 1. The van der Waals surface area contributed by atoms with E-state index in [1.807, 2.05) is 12.1 Å². The topological polar surface area (TPSA) is 66.8 Å². The van der Waals surface area contributed by atoms with Crippen LogP contribution in [0.3, 0.4) is 0 Å². The van der Waals surface area contributed by atoms with Crippen molar-refractivity contribution in [3.8, 4) is 5.75 Å². The van der Waals surface area contributed by atoms with E-state index in [4.69, 9.17) is 16.3 Å². The minimum Gasteiger partial charge on any atom is -0.507 e. The number of aliphatic hydroxyl groups is 1. The number of methoxy groups -OCH3 is 1. The molecule has 2 aromatic rings. The van der Waals surface area contributed by atoms with Gasteiger partial charge in [0, 0.05) is 17.1 Å². The number of nitrogens with zero attached hydrogens (tertiary/aromatic N) is 1. The Labute approximate surface area is 220 Å². The van der Waals surface area contributed by atoms with Crippen LogP contribution in [0.15, 0.2) is 54.1 Å². The van der Waals surface area contributed by atoms with Crippen molar-refractivity contribution in [2.45, 2.75) is 77.2 Å². The molecule has 1 aliphatic rings. The Morgan fingerprint density at radius 1 is 0.861 bits per heavy atom. The van der Waals surface area contributed by atoms with Crippen LogP contribution in [0.5, 0.6) is 5.75 Å². The summed E-state index contributed by atoms with van der Waals surface area (Å²) in [5.74, 6) is -0.764. The normalized spacial score (nSPS) is 17.1. The molecule has 1 fully saturated rings. The van der Waals surface area contributed by atoms with E-state index >= 15 is 0 Å². The van der Waals surface area contributed by atoms with Gasteiger partial charge in [0.2, 0.25) is 0 Å². The van der Waals surface area contributed by atoms with E-state index in [-0.39, 0.29) is 11.3 Å². The predicted octanol–water partition coefficient (Wildman–Crippen LogP) is 7.69. The lowest BCUT2D eigenvalue weighted by atomic mass is 9.95. The van der Waals surface area contributed by atoms with Gasteiger partial charge in [0.25, 0.3) is 11.7 Å². The summed E-state index contributed by atoms with van der Waals surface area (Å²) in [5.41, 5.74) is 1.33. The number of ketones is 1. The van der Waals surface area contributed by atoms with E-state index in [1.165, 1.54) is 44.9 Å². The molecule has 36 heavy (non-hydrogen) atoms. The van der Waals surface area contributed by atoms with Gasteiger partial charge >= 0.3 is 0 Å². The SMILES string of the molecule is CCCCCCCCCCCCN1C(=O)C(=O)C(=C(O)c2ccc(OC)cc2)[C@H]1c1ccc(Cl)cc1. The number of unbranched alkanes of at least 4 members (excludes halogenated alkanes) is 9. The third-order valence-corrected chi connectivity index (χ3v) is 7.09. The van der Waals surface area contributed by atoms with E-state index in [0.29, 0.717) is 22.9 Å². The molecule has 1 atom stereocenters. The number of ether oxygens (including phenoxy) is 1. The molecule has 0 radical (unpaired) electrons. The van der Waals surface area contributed by atoms with E-state index in [9.17, 15) is 14.7 Å². The minimum atomic E-state index is -0.657. The second-order valence-corrected chi connectivity index (χ2v) is 9.89. The van der Waals surface area contributed by atoms with Crippen molar-refractivity contribution < 1.29 is 19.4 Å². The highest BCUT2D eigenvalue weighted by Gasteiger charge is 2.45. The van der Waals surface area contributed by atoms with Crippen LogP contribution < -0.4 is 4.74 Å². The number of aliphatic hydroxyl groups excluding tert-OH is 1. The predicted molar refractivity (Wildman–Crippen MR) is 145 cm³/mol. The first-order chi connectivity index (χ1) is 17.5. The van der Waals surface area contributed by atoms with Crippen LogP contribution in [0.2, 0.25) is 5.02 Å². The fourth-order valence-corrected chi connectivity index (χ4v) is 4.90. The van der Waals surface area contributed by atoms with Gasteiger partial charge in [0.1, 0.15) is 11.5 Å². The maximum absolute atomic E-state index is 13.1. The molecule has 194 valence electrons. The molecule has 5 nitrogen and oxygen atoms in total. The summed E-state index contributed by atoms with van der Waals surface area (Å²) in [7, 11) is 1.56. The zero-order valence-electron chi connectivity index (χ0n) is 21.5. The second kappa shape index (κ2) is 14.1. The summed E-state index contributed by atoms with van der Waals surface area (Å²) in [6.45, 7) is 2.70. The number of carbonyl (C=O) groups is 2. The molecule has 0 bridgehead atoms. The summed E-state index contributed by atoms with van der Waals surface area (Å²) >= 11 is 6.09. The molecule has 1 amide bonds. The van der Waals surface area contributed by atoms with Crippen molar-refractivity contribution >= 4 is 29.1 Å². The van der Waals surface area contributed by atoms with Gasteiger partial charge in [-0.05, 0) is 48.4 Å². The van der Waals surface area contributed by atoms with Crippen LogP contribution >= 0.6 is 11.6 Å². The first kappa shape index (κ1) is 27.8. The zero-order chi connectivity index (χ0) is 25.9. The summed E-state index contributed by atoms with van der Waals surface area (Å²) in [4.78, 5) is 27.8. The van der Waals surface area contributed by atoms with E-state index in [2.05, 4.69) is 6.92 Å². The van der Waals surface area contributed by atoms with Gasteiger partial charge in [-0.3, -0.25) is 9.59 Å². The summed E-state index contributed by atoms with van der Waals surface area (Å²) in [5, 5.41) is 11.7. The van der Waals surface area contributed by atoms with Crippen molar-refractivity contribution in [2.24, 2.45) is 0 Å². The van der Waals surface area contributed by atoms with Crippen molar-refractivity contribution in [3.63, 3.8) is 0 Å². The fraction of sp³-hybridized carbons (Fsp3) is 0.467. The third kappa shape index (κ3) is 7.13. The molecule has 1 heterocycles. The monoisotopic (exact) mass is 511 g/mol. The average molecular weight is 512 g/mol. The van der Waals surface area contributed by atoms with Gasteiger partial charge in [-0.1, -0.05) is 88.4 Å². The molecular weight excluding hydrogens is 474 g/mol. The van der Waals surface area contributed by atoms with Crippen molar-refractivity contribution in [1.29, 1.82) is 0 Å². The first-order valence-electron chi connectivity index (χ1n) is 13.2. The smallest absolute Gasteiger partial charge is 0.295 e. The van der Waals surface area contributed by atoms with E-state index < -0.39 is 17.7 Å². The number of rotatable bonds is 14. The standard InChI is InChI=1S/C30H38ClNO4/c1-3-4-5-6-7-8-9-10-11-12-21-32-27(22-13-17-24(31)18-14-22)26(29(34)30(32)35)28(33)23-15-19-25(36-2)20-16-23/h13-20,27,33H,3-12,21H2,1-2H3/t27-/m1/s1. The number of amides is 1. The molecule has 6 heteroatoms. The Balaban J connectivity index is 1.72. The Kier molecular flexibility index (Phi) is 10.9. The molecule has 1 saturated heterocycles. The van der Waals surface area contributed by atoms with E-state index in [1.54, 1.807) is 48.4 Å². The molecule has 1 N–H and O–H groups in total. The van der Waals surface area contributed by atoms with Crippen LogP contribution in [0.4, 0.5) is 0 Å². The first-order valence-corrected chi connectivity index (χ1v) is 13.5. The highest BCUT2D eigenvalue weighted by molar-refractivity contribution is 6.46. The van der Waals surface area contributed by atoms with E-state index in [0.717, 1.165) is 24.8 Å². The highest BCUT2D eigenvalue weighted by atomic mass is 35.5. The van der Waals surface area contributed by atoms with Gasteiger partial charge in [-0.2, -0.15) is 0 Å². The zero-order valence-corrected chi connectivity index (χ0v) is 22.2. The largest absolute Gasteiger partial charge is 0.507 e. The Morgan fingerprint density at radius 2 is 1.42 bits per heavy atom. The summed E-state index contributed by atoms with van der Waals surface area (Å²) in [6, 6.07) is 13.2. The second-order valence-electron chi connectivity index (χ2n) is 9.45. The molecule has 0 unspecified atom stereocenters. The molecule has 0 aliphatic carbocycles. The molecule has 1 aliphatic heterocycles. The van der Waals surface area contributed by atoms with Gasteiger partial charge < -0.3 is 14.7 Å². The number of hydrogen-bond acceptors (Lipinski definition) is 4. The van der Waals surface area contributed by atoms with Crippen LogP contribution in [-0.4, -0.2) is 35.4 Å². The number of halogens is 1. The van der Waals surface area contributed by atoms with Gasteiger partial charge in [-0.25, -0.2) is 0 Å². The Hall–Kier alpha value is -2.79. The van der Waals surface area contributed by atoms with Crippen molar-refractivity contribution in [3.05, 3.63) is 70.3 Å². The number of likely N-dealkylation sites (tertiary alicyclic amines) is 1. The quantitative estimate of drug-likeness (QED) is 0.122. The summed E-state index contributed by atoms with van der Waals surface area (Å²) < 4.78 is 5.19. The fourth-order valence-electron chi connectivity index (χ4n) is 4.78. The van der Waals surface area contributed by atoms with Crippen LogP contribution in [0.25, 0.3) is 5.76 Å². The highest BCUT2D eigenvalue weighted by Crippen LogP contribution is 2.40. The Morgan fingerprint density at radius 3 is 1.97 bits per heavy atom. The molecule has 0 saturated carbocycles. The molecule has 0 aromatic heterocycles. The maximum atomic E-state index is 13.1. The lowest BCUT2D eigenvalue weighted by Gasteiger charge is -2.25. The maximum Gasteiger partial charge on any atom is 0.295 e. The average Bonchev–Trinajstić information content (AvgIpc) is 3.14. The van der Waals surface area contributed by atoms with Crippen LogP contribution in [-0.2, 0) is 9.59 Å². The minimum absolute atomic E-state index is 0.111. The molecule has 0 spiro atoms. The number of carbonyl (C=O) groups excluding carboxylic acids is 2. The number of hydrogen-bond donors (Lipinski definition) is 1. The summed E-state index contributed by atoms with van der Waals surface area (Å²) in [6.07, 6.45) is 11.9. The van der Waals surface area contributed by atoms with Gasteiger partial charge in [0.05, 0.1) is 18.7 Å². The molecular formula is C30H38ClNO4. The third-order valence-electron chi connectivity index (χ3n) is 6.84. The molecule has 2 aromatic carbocycles. The number of benzene rings is 2. The molecule has 3 rings (SSSR count). The lowest BCUT2D eigenvalue weighted by molar-refractivity contribution is -0.139. The Bertz CT molecular complexity index is 1030.